The summed E-state index contributed by atoms with van der Waals surface area (Å²) in [6, 6.07) is 3.02. The van der Waals surface area contributed by atoms with Crippen LogP contribution in [0.3, 0.4) is 0 Å². The van der Waals surface area contributed by atoms with Crippen molar-refractivity contribution in [3.05, 3.63) is 116 Å². The van der Waals surface area contributed by atoms with Gasteiger partial charge in [-0.2, -0.15) is 58.6 Å². The summed E-state index contributed by atoms with van der Waals surface area (Å²) in [6.45, 7) is 0. The zero-order chi connectivity index (χ0) is 24.3. The van der Waals surface area contributed by atoms with E-state index < -0.39 is 55.0 Å². The maximum absolute atomic E-state index is 12.5. The van der Waals surface area contributed by atoms with Crippen molar-refractivity contribution in [2.45, 2.75) is 12.8 Å². The van der Waals surface area contributed by atoms with Crippen LogP contribution >= 0.6 is 46.4 Å². The molecule has 0 bridgehead atoms. The van der Waals surface area contributed by atoms with Crippen molar-refractivity contribution in [2.75, 3.05) is 0 Å². The van der Waals surface area contributed by atoms with Gasteiger partial charge in [-0.3, -0.25) is 12.2 Å². The Bertz CT molecular complexity index is 896. The van der Waals surface area contributed by atoms with Crippen molar-refractivity contribution in [1.82, 2.24) is 0 Å². The fourth-order valence-corrected chi connectivity index (χ4v) is 2.33. The summed E-state index contributed by atoms with van der Waals surface area (Å²) < 4.78 is 74.2. The largest absolute Gasteiger partial charge is 4.00 e. The van der Waals surface area contributed by atoms with E-state index >= 15 is 0 Å². The van der Waals surface area contributed by atoms with E-state index in [0.29, 0.717) is 0 Å². The average molecular weight is 578 g/mol. The van der Waals surface area contributed by atoms with Crippen LogP contribution in [0.4, 0.5) is 26.3 Å². The molecular formula is C22H10Cl4F6Ti. The van der Waals surface area contributed by atoms with Gasteiger partial charge in [0.1, 0.15) is 0 Å². The first-order valence-electron chi connectivity index (χ1n) is 8.32. The Hall–Kier alpha value is -1.15. The van der Waals surface area contributed by atoms with Crippen LogP contribution in [0.25, 0.3) is 0 Å². The van der Waals surface area contributed by atoms with Gasteiger partial charge in [0.2, 0.25) is 0 Å². The molecule has 0 unspecified atom stereocenters. The van der Waals surface area contributed by atoms with E-state index in [1.54, 1.807) is 0 Å². The molecule has 0 spiro atoms. The van der Waals surface area contributed by atoms with Crippen LogP contribution in [0.15, 0.2) is 36.5 Å². The maximum atomic E-state index is 12.5. The van der Waals surface area contributed by atoms with Gasteiger partial charge in [-0.15, -0.1) is 25.0 Å². The minimum atomic E-state index is -1.30. The van der Waals surface area contributed by atoms with Crippen molar-refractivity contribution in [3.63, 3.8) is 0 Å². The van der Waals surface area contributed by atoms with Gasteiger partial charge in [0.15, 0.2) is 0 Å². The van der Waals surface area contributed by atoms with Crippen LogP contribution in [-0.2, 0) is 21.7 Å². The van der Waals surface area contributed by atoms with E-state index in [0.717, 1.165) is 12.8 Å². The number of rotatable bonds is 0. The summed E-state index contributed by atoms with van der Waals surface area (Å²) in [5.74, 6) is -7.75. The maximum Gasteiger partial charge on any atom is 4.00 e. The Morgan fingerprint density at radius 1 is 0.545 bits per heavy atom. The summed E-state index contributed by atoms with van der Waals surface area (Å²) in [6.07, 6.45) is 20.0. The van der Waals surface area contributed by atoms with Gasteiger partial charge in [0.05, 0.1) is 11.6 Å². The van der Waals surface area contributed by atoms with Crippen LogP contribution in [0, 0.1) is 59.2 Å². The summed E-state index contributed by atoms with van der Waals surface area (Å²) in [5, 5.41) is -3.40. The van der Waals surface area contributed by atoms with Crippen molar-refractivity contribution in [2.24, 2.45) is 0 Å². The Labute approximate surface area is 222 Å². The molecule has 0 saturated carbocycles. The molecule has 2 aromatic rings. The molecule has 172 valence electrons. The molecule has 0 radical (unpaired) electrons. The van der Waals surface area contributed by atoms with E-state index in [9.17, 15) is 26.3 Å². The van der Waals surface area contributed by atoms with E-state index in [1.165, 1.54) is 12.1 Å². The van der Waals surface area contributed by atoms with Crippen LogP contribution in [0.1, 0.15) is 12.8 Å². The predicted octanol–water partition coefficient (Wildman–Crippen LogP) is 9.03. The van der Waals surface area contributed by atoms with E-state index in [4.69, 9.17) is 46.4 Å². The molecule has 33 heavy (non-hydrogen) atoms. The molecule has 0 atom stereocenters. The molecule has 0 heterocycles. The summed E-state index contributed by atoms with van der Waals surface area (Å²) >= 11 is 20.1. The van der Waals surface area contributed by atoms with Gasteiger partial charge in [-0.05, 0) is 0 Å². The monoisotopic (exact) mass is 576 g/mol. The average Bonchev–Trinajstić information content (AvgIpc) is 3.53. The molecule has 4 rings (SSSR count). The minimum absolute atomic E-state index is 0. The summed E-state index contributed by atoms with van der Waals surface area (Å²) in [5.41, 5.74) is 0. The Morgan fingerprint density at radius 2 is 0.818 bits per heavy atom. The quantitative estimate of drug-likeness (QED) is 0.0963. The Balaban J connectivity index is 0.000000434. The SMILES string of the molecule is Fc1[c-]c(F)c(Cl)c(F)c1Cl.Fc1[c-]c(F)c(Cl)c(F)c1Cl.[C-]1=CC=CC1.[C-]1=CC=CC1.[Ti+4]. The fraction of sp³-hybridized carbons (Fsp3) is 0.0909. The fourth-order valence-electron chi connectivity index (χ4n) is 1.67. The number of benzene rings is 2. The number of hydrogen-bond acceptors (Lipinski definition) is 0. The molecule has 0 fully saturated rings. The molecule has 0 nitrogen and oxygen atoms in total. The molecule has 0 aromatic heterocycles. The number of allylic oxidation sites excluding steroid dienone is 8. The van der Waals surface area contributed by atoms with Crippen LogP contribution in [0.5, 0.6) is 0 Å². The molecule has 0 aliphatic heterocycles. The molecule has 2 aliphatic carbocycles. The number of hydrogen-bond donors (Lipinski definition) is 0. The molecule has 2 aromatic carbocycles. The standard InChI is InChI=1S/2C6Cl2F3.2C5H5.Ti/c2*7-4-2(9)1-3(10)5(8)6(4)11;2*1-2-4-5-3-1;/h;;2*1-3H,4H2;/q4*-1;+4. The predicted molar refractivity (Wildman–Crippen MR) is 113 cm³/mol. The van der Waals surface area contributed by atoms with E-state index in [1.807, 2.05) is 24.3 Å². The van der Waals surface area contributed by atoms with E-state index in [-0.39, 0.29) is 21.7 Å². The second-order valence-electron chi connectivity index (χ2n) is 5.40. The molecule has 0 saturated heterocycles. The third-order valence-corrected chi connectivity index (χ3v) is 4.48. The van der Waals surface area contributed by atoms with Crippen molar-refractivity contribution in [3.8, 4) is 0 Å². The first kappa shape index (κ1) is 31.9. The first-order chi connectivity index (χ1) is 15.1. The summed E-state index contributed by atoms with van der Waals surface area (Å²) in [4.78, 5) is 0. The normalized spacial score (nSPS) is 12.2. The van der Waals surface area contributed by atoms with Crippen molar-refractivity contribution in [1.29, 1.82) is 0 Å². The van der Waals surface area contributed by atoms with Crippen LogP contribution < -0.4 is 0 Å². The zero-order valence-corrected chi connectivity index (χ0v) is 20.7. The zero-order valence-electron chi connectivity index (χ0n) is 16.2. The Kier molecular flexibility index (Phi) is 15.9. The summed E-state index contributed by atoms with van der Waals surface area (Å²) in [7, 11) is 0. The molecule has 0 N–H and O–H groups in total. The van der Waals surface area contributed by atoms with E-state index in [2.05, 4.69) is 24.3 Å². The third kappa shape index (κ3) is 10.8. The van der Waals surface area contributed by atoms with Crippen molar-refractivity contribution >= 4 is 46.4 Å². The van der Waals surface area contributed by atoms with Gasteiger partial charge in [0.25, 0.3) is 0 Å². The van der Waals surface area contributed by atoms with Gasteiger partial charge in [0, 0.05) is 43.4 Å². The van der Waals surface area contributed by atoms with Gasteiger partial charge >= 0.3 is 21.7 Å². The van der Waals surface area contributed by atoms with Gasteiger partial charge in [-0.25, -0.2) is 50.6 Å². The van der Waals surface area contributed by atoms with Crippen molar-refractivity contribution < 1.29 is 48.1 Å². The van der Waals surface area contributed by atoms with Gasteiger partial charge in [-0.1, -0.05) is 0 Å². The second-order valence-corrected chi connectivity index (χ2v) is 6.91. The molecular weight excluding hydrogens is 568 g/mol. The van der Waals surface area contributed by atoms with Crippen LogP contribution in [0.2, 0.25) is 20.1 Å². The Morgan fingerprint density at radius 3 is 0.970 bits per heavy atom. The molecule has 11 heteroatoms. The smallest absolute Gasteiger partial charge is 0.273 e. The molecule has 0 amide bonds. The second kappa shape index (κ2) is 16.5. The first-order valence-corrected chi connectivity index (χ1v) is 9.84. The molecule has 2 aliphatic rings. The minimum Gasteiger partial charge on any atom is -0.273 e. The number of halogens is 10. The third-order valence-electron chi connectivity index (χ3n) is 3.15. The van der Waals surface area contributed by atoms with Crippen LogP contribution in [-0.4, -0.2) is 0 Å². The van der Waals surface area contributed by atoms with Gasteiger partial charge < -0.3 is 0 Å². The topological polar surface area (TPSA) is 0 Å².